The first-order valence-electron chi connectivity index (χ1n) is 7.54. The van der Waals surface area contributed by atoms with Gasteiger partial charge < -0.3 is 11.1 Å². The Morgan fingerprint density at radius 1 is 1.00 bits per heavy atom. The van der Waals surface area contributed by atoms with Crippen LogP contribution in [0.15, 0.2) is 53.5 Å². The second kappa shape index (κ2) is 8.17. The summed E-state index contributed by atoms with van der Waals surface area (Å²) in [6.45, 7) is 0.606. The van der Waals surface area contributed by atoms with Gasteiger partial charge in [-0.05, 0) is 48.4 Å². The predicted molar refractivity (Wildman–Crippen MR) is 104 cm³/mol. The zero-order chi connectivity index (χ0) is 14.5. The third kappa shape index (κ3) is 4.22. The zero-order valence-corrected chi connectivity index (χ0v) is 14.9. The van der Waals surface area contributed by atoms with Crippen LogP contribution in [0, 0.1) is 0 Å². The number of aryl methyl sites for hydroxylation is 1. The summed E-state index contributed by atoms with van der Waals surface area (Å²) >= 11 is 0. The van der Waals surface area contributed by atoms with Gasteiger partial charge in [-0.2, -0.15) is 0 Å². The lowest BCUT2D eigenvalue weighted by Crippen LogP contribution is -2.24. The number of aliphatic imine (C=N–C) groups is 1. The average molecular weight is 407 g/mol. The summed E-state index contributed by atoms with van der Waals surface area (Å²) in [4.78, 5) is 4.42. The van der Waals surface area contributed by atoms with Gasteiger partial charge >= 0.3 is 0 Å². The van der Waals surface area contributed by atoms with Crippen LogP contribution in [-0.4, -0.2) is 5.96 Å². The maximum absolute atomic E-state index is 6.03. The molecule has 0 saturated heterocycles. The number of hydrogen-bond donors (Lipinski definition) is 2. The van der Waals surface area contributed by atoms with Crippen molar-refractivity contribution in [3.05, 3.63) is 65.2 Å². The summed E-state index contributed by atoms with van der Waals surface area (Å²) in [6.07, 6.45) is 4.84. The van der Waals surface area contributed by atoms with Crippen molar-refractivity contribution in [2.24, 2.45) is 10.7 Å². The molecule has 0 spiro atoms. The molecule has 0 bridgehead atoms. The molecule has 3 N–H and O–H groups in total. The fourth-order valence-electron chi connectivity index (χ4n) is 2.84. The summed E-state index contributed by atoms with van der Waals surface area (Å²) in [7, 11) is 0. The molecule has 0 saturated carbocycles. The smallest absolute Gasteiger partial charge is 0.193 e. The molecule has 4 heteroatoms. The van der Waals surface area contributed by atoms with Crippen molar-refractivity contribution in [2.45, 2.75) is 32.2 Å². The van der Waals surface area contributed by atoms with E-state index in [-0.39, 0.29) is 24.0 Å². The molecule has 2 aromatic carbocycles. The molecule has 0 amide bonds. The Hall–Kier alpha value is -1.56. The van der Waals surface area contributed by atoms with Gasteiger partial charge in [0.2, 0.25) is 0 Å². The number of guanidine groups is 1. The SMILES string of the molecule is I.NC(=NCc1ccccc1)Nc1cccc2c1CCCC2. The molecule has 0 heterocycles. The van der Waals surface area contributed by atoms with Gasteiger partial charge in [-0.1, -0.05) is 42.5 Å². The van der Waals surface area contributed by atoms with E-state index >= 15 is 0 Å². The molecule has 0 atom stereocenters. The fraction of sp³-hybridized carbons (Fsp3) is 0.278. The molecule has 1 aliphatic rings. The van der Waals surface area contributed by atoms with E-state index in [0.717, 1.165) is 17.7 Å². The molecule has 0 unspecified atom stereocenters. The van der Waals surface area contributed by atoms with Gasteiger partial charge in [0, 0.05) is 5.69 Å². The summed E-state index contributed by atoms with van der Waals surface area (Å²) < 4.78 is 0. The minimum absolute atomic E-state index is 0. The van der Waals surface area contributed by atoms with E-state index in [1.165, 1.54) is 30.4 Å². The quantitative estimate of drug-likeness (QED) is 0.457. The first kappa shape index (κ1) is 16.8. The van der Waals surface area contributed by atoms with Crippen LogP contribution in [0.5, 0.6) is 0 Å². The van der Waals surface area contributed by atoms with Crippen molar-refractivity contribution >= 4 is 35.6 Å². The van der Waals surface area contributed by atoms with Crippen molar-refractivity contribution in [2.75, 3.05) is 5.32 Å². The number of halogens is 1. The summed E-state index contributed by atoms with van der Waals surface area (Å²) in [5.74, 6) is 0.484. The van der Waals surface area contributed by atoms with E-state index < -0.39 is 0 Å². The van der Waals surface area contributed by atoms with E-state index in [2.05, 4.69) is 40.6 Å². The molecule has 22 heavy (non-hydrogen) atoms. The second-order valence-corrected chi connectivity index (χ2v) is 5.46. The summed E-state index contributed by atoms with van der Waals surface area (Å²) in [5, 5.41) is 3.27. The van der Waals surface area contributed by atoms with E-state index in [9.17, 15) is 0 Å². The van der Waals surface area contributed by atoms with E-state index in [1.807, 2.05) is 18.2 Å². The predicted octanol–water partition coefficient (Wildman–Crippen LogP) is 4.11. The number of rotatable bonds is 3. The van der Waals surface area contributed by atoms with Crippen molar-refractivity contribution in [3.63, 3.8) is 0 Å². The van der Waals surface area contributed by atoms with Crippen LogP contribution < -0.4 is 11.1 Å². The van der Waals surface area contributed by atoms with E-state index in [1.54, 1.807) is 0 Å². The first-order chi connectivity index (χ1) is 10.3. The Labute approximate surface area is 149 Å². The molecular formula is C18H22IN3. The first-order valence-corrected chi connectivity index (χ1v) is 7.54. The topological polar surface area (TPSA) is 50.4 Å². The molecule has 3 nitrogen and oxygen atoms in total. The van der Waals surface area contributed by atoms with Gasteiger partial charge in [0.15, 0.2) is 5.96 Å². The number of nitrogens with zero attached hydrogens (tertiary/aromatic N) is 1. The van der Waals surface area contributed by atoms with Crippen molar-refractivity contribution in [1.82, 2.24) is 0 Å². The lowest BCUT2D eigenvalue weighted by Gasteiger charge is -2.19. The maximum Gasteiger partial charge on any atom is 0.193 e. The Balaban J connectivity index is 0.00000176. The number of hydrogen-bond acceptors (Lipinski definition) is 1. The van der Waals surface area contributed by atoms with Crippen LogP contribution in [0.25, 0.3) is 0 Å². The minimum Gasteiger partial charge on any atom is -0.370 e. The highest BCUT2D eigenvalue weighted by molar-refractivity contribution is 14.0. The summed E-state index contributed by atoms with van der Waals surface area (Å²) in [5.41, 5.74) is 11.2. The third-order valence-corrected chi connectivity index (χ3v) is 3.93. The molecule has 2 aromatic rings. The number of nitrogens with two attached hydrogens (primary N) is 1. The standard InChI is InChI=1S/C18H21N3.HI/c19-18(20-13-14-7-2-1-3-8-14)21-17-12-6-10-15-9-4-5-11-16(15)17;/h1-3,6-8,10,12H,4-5,9,11,13H2,(H3,19,20,21);1H. The highest BCUT2D eigenvalue weighted by Gasteiger charge is 2.12. The van der Waals surface area contributed by atoms with Crippen LogP contribution in [0.2, 0.25) is 0 Å². The number of nitrogens with one attached hydrogen (secondary N) is 1. The lowest BCUT2D eigenvalue weighted by atomic mass is 9.90. The highest BCUT2D eigenvalue weighted by Crippen LogP contribution is 2.27. The number of anilines is 1. The number of benzene rings is 2. The van der Waals surface area contributed by atoms with Gasteiger partial charge in [-0.25, -0.2) is 4.99 Å². The second-order valence-electron chi connectivity index (χ2n) is 5.46. The average Bonchev–Trinajstić information content (AvgIpc) is 2.54. The molecule has 0 aromatic heterocycles. The van der Waals surface area contributed by atoms with Crippen LogP contribution in [-0.2, 0) is 19.4 Å². The van der Waals surface area contributed by atoms with Crippen molar-refractivity contribution in [3.8, 4) is 0 Å². The van der Waals surface area contributed by atoms with Crippen LogP contribution in [0.4, 0.5) is 5.69 Å². The maximum atomic E-state index is 6.03. The van der Waals surface area contributed by atoms with E-state index in [4.69, 9.17) is 5.73 Å². The van der Waals surface area contributed by atoms with Gasteiger partial charge in [0.25, 0.3) is 0 Å². The van der Waals surface area contributed by atoms with Crippen molar-refractivity contribution < 1.29 is 0 Å². The molecule has 3 rings (SSSR count). The lowest BCUT2D eigenvalue weighted by molar-refractivity contribution is 0.687. The largest absolute Gasteiger partial charge is 0.370 e. The van der Waals surface area contributed by atoms with Gasteiger partial charge in [-0.3, -0.25) is 0 Å². The van der Waals surface area contributed by atoms with Gasteiger partial charge in [0.1, 0.15) is 0 Å². The molecule has 0 fully saturated rings. The molecular weight excluding hydrogens is 385 g/mol. The molecule has 0 aliphatic heterocycles. The molecule has 1 aliphatic carbocycles. The van der Waals surface area contributed by atoms with Gasteiger partial charge in [-0.15, -0.1) is 24.0 Å². The fourth-order valence-corrected chi connectivity index (χ4v) is 2.84. The molecule has 116 valence electrons. The zero-order valence-electron chi connectivity index (χ0n) is 12.6. The Bertz CT molecular complexity index is 638. The van der Waals surface area contributed by atoms with Crippen LogP contribution in [0.3, 0.4) is 0 Å². The summed E-state index contributed by atoms with van der Waals surface area (Å²) in [6, 6.07) is 16.6. The number of fused-ring (bicyclic) bond motifs is 1. The van der Waals surface area contributed by atoms with Crippen molar-refractivity contribution in [1.29, 1.82) is 0 Å². The Morgan fingerprint density at radius 3 is 2.59 bits per heavy atom. The third-order valence-electron chi connectivity index (χ3n) is 3.93. The Kier molecular flexibility index (Phi) is 6.24. The highest BCUT2D eigenvalue weighted by atomic mass is 127. The monoisotopic (exact) mass is 407 g/mol. The van der Waals surface area contributed by atoms with Crippen LogP contribution in [0.1, 0.15) is 29.5 Å². The minimum atomic E-state index is 0. The molecule has 0 radical (unpaired) electrons. The van der Waals surface area contributed by atoms with Crippen LogP contribution >= 0.6 is 24.0 Å². The normalized spacial score (nSPS) is 13.9. The van der Waals surface area contributed by atoms with E-state index in [0.29, 0.717) is 12.5 Å². The Morgan fingerprint density at radius 2 is 1.77 bits per heavy atom. The van der Waals surface area contributed by atoms with Gasteiger partial charge in [0.05, 0.1) is 6.54 Å².